The van der Waals surface area contributed by atoms with Crippen molar-refractivity contribution >= 4 is 11.4 Å². The van der Waals surface area contributed by atoms with Crippen molar-refractivity contribution in [2.75, 3.05) is 18.0 Å². The molecule has 1 aromatic rings. The molecule has 20 heavy (non-hydrogen) atoms. The predicted molar refractivity (Wildman–Crippen MR) is 76.3 cm³/mol. The molecule has 0 saturated carbocycles. The van der Waals surface area contributed by atoms with Gasteiger partial charge < -0.3 is 14.7 Å². The maximum Gasteiger partial charge on any atom is 0.333 e. The van der Waals surface area contributed by atoms with E-state index in [4.69, 9.17) is 4.74 Å². The number of aliphatic hydroxyl groups is 1. The molecule has 1 heterocycles. The highest BCUT2D eigenvalue weighted by Crippen LogP contribution is 2.38. The summed E-state index contributed by atoms with van der Waals surface area (Å²) in [7, 11) is 0. The number of rotatable bonds is 4. The topological polar surface area (TPSA) is 75.8 Å². The SMILES string of the molecule is CC(C)Oc1cccc(N2CCCC(O)C2)c1[N+](=O)[O-]. The Kier molecular flexibility index (Phi) is 4.44. The highest BCUT2D eigenvalue weighted by Gasteiger charge is 2.28. The van der Waals surface area contributed by atoms with Gasteiger partial charge >= 0.3 is 5.69 Å². The number of hydrogen-bond acceptors (Lipinski definition) is 5. The molecule has 0 spiro atoms. The molecule has 6 nitrogen and oxygen atoms in total. The Hall–Kier alpha value is -1.82. The highest BCUT2D eigenvalue weighted by atomic mass is 16.6. The van der Waals surface area contributed by atoms with E-state index in [1.54, 1.807) is 18.2 Å². The Bertz CT molecular complexity index is 490. The molecule has 2 rings (SSSR count). The van der Waals surface area contributed by atoms with E-state index in [9.17, 15) is 15.2 Å². The molecule has 0 bridgehead atoms. The number of piperidine rings is 1. The van der Waals surface area contributed by atoms with Gasteiger partial charge in [-0.1, -0.05) is 6.07 Å². The molecule has 6 heteroatoms. The molecule has 110 valence electrons. The largest absolute Gasteiger partial charge is 0.484 e. The number of anilines is 1. The standard InChI is InChI=1S/C14H20N2O4/c1-10(2)20-13-7-3-6-12(14(13)16(18)19)15-8-4-5-11(17)9-15/h3,6-7,10-11,17H,4-5,8-9H2,1-2H3. The van der Waals surface area contributed by atoms with Gasteiger partial charge in [-0.15, -0.1) is 0 Å². The van der Waals surface area contributed by atoms with Gasteiger partial charge in [0.25, 0.3) is 0 Å². The average molecular weight is 280 g/mol. The first-order valence-corrected chi connectivity index (χ1v) is 6.86. The Morgan fingerprint density at radius 2 is 2.25 bits per heavy atom. The van der Waals surface area contributed by atoms with Gasteiger partial charge in [0.15, 0.2) is 5.75 Å². The summed E-state index contributed by atoms with van der Waals surface area (Å²) in [5.41, 5.74) is 0.502. The van der Waals surface area contributed by atoms with Gasteiger partial charge in [-0.2, -0.15) is 0 Å². The normalized spacial score (nSPS) is 19.2. The lowest BCUT2D eigenvalue weighted by Gasteiger charge is -2.31. The fourth-order valence-corrected chi connectivity index (χ4v) is 2.47. The highest BCUT2D eigenvalue weighted by molar-refractivity contribution is 5.70. The second-order valence-corrected chi connectivity index (χ2v) is 5.29. The zero-order valence-electron chi connectivity index (χ0n) is 11.8. The lowest BCUT2D eigenvalue weighted by atomic mass is 10.1. The van der Waals surface area contributed by atoms with Gasteiger partial charge in [0.2, 0.25) is 0 Å². The van der Waals surface area contributed by atoms with Crippen LogP contribution in [0.3, 0.4) is 0 Å². The van der Waals surface area contributed by atoms with Gasteiger partial charge in [-0.3, -0.25) is 10.1 Å². The van der Waals surface area contributed by atoms with Crippen LogP contribution in [0.2, 0.25) is 0 Å². The lowest BCUT2D eigenvalue weighted by molar-refractivity contribution is -0.385. The second kappa shape index (κ2) is 6.09. The third-order valence-electron chi connectivity index (χ3n) is 3.26. The lowest BCUT2D eigenvalue weighted by Crippen LogP contribution is -2.38. The Morgan fingerprint density at radius 1 is 1.50 bits per heavy atom. The molecular formula is C14H20N2O4. The van der Waals surface area contributed by atoms with Crippen molar-refractivity contribution < 1.29 is 14.8 Å². The van der Waals surface area contributed by atoms with Gasteiger partial charge in [-0.05, 0) is 38.8 Å². The molecule has 0 aromatic heterocycles. The van der Waals surface area contributed by atoms with E-state index in [1.807, 2.05) is 18.7 Å². The predicted octanol–water partition coefficient (Wildman–Crippen LogP) is 2.34. The summed E-state index contributed by atoms with van der Waals surface area (Å²) in [6.45, 7) is 4.80. The van der Waals surface area contributed by atoms with E-state index in [2.05, 4.69) is 0 Å². The van der Waals surface area contributed by atoms with Crippen LogP contribution >= 0.6 is 0 Å². The van der Waals surface area contributed by atoms with Crippen LogP contribution in [0.25, 0.3) is 0 Å². The summed E-state index contributed by atoms with van der Waals surface area (Å²) < 4.78 is 5.53. The van der Waals surface area contributed by atoms with Crippen molar-refractivity contribution in [2.45, 2.75) is 38.9 Å². The zero-order valence-corrected chi connectivity index (χ0v) is 11.8. The van der Waals surface area contributed by atoms with Crippen LogP contribution in [0.5, 0.6) is 5.75 Å². The number of β-amino-alcohol motifs (C(OH)–C–C–N with tert-alkyl or cyclic N) is 1. The fourth-order valence-electron chi connectivity index (χ4n) is 2.47. The van der Waals surface area contributed by atoms with Crippen LogP contribution in [-0.4, -0.2) is 35.3 Å². The van der Waals surface area contributed by atoms with Crippen LogP contribution in [0.4, 0.5) is 11.4 Å². The Balaban J connectivity index is 2.38. The first-order chi connectivity index (χ1) is 9.49. The molecule has 0 radical (unpaired) electrons. The van der Waals surface area contributed by atoms with E-state index in [0.29, 0.717) is 18.8 Å². The fraction of sp³-hybridized carbons (Fsp3) is 0.571. The van der Waals surface area contributed by atoms with Crippen molar-refractivity contribution in [2.24, 2.45) is 0 Å². The van der Waals surface area contributed by atoms with E-state index in [-0.39, 0.29) is 17.5 Å². The van der Waals surface area contributed by atoms with Gasteiger partial charge in [0.05, 0.1) is 17.1 Å². The summed E-state index contributed by atoms with van der Waals surface area (Å²) in [5.74, 6) is 0.280. The van der Waals surface area contributed by atoms with Crippen LogP contribution in [-0.2, 0) is 0 Å². The van der Waals surface area contributed by atoms with E-state index in [1.165, 1.54) is 0 Å². The van der Waals surface area contributed by atoms with E-state index in [0.717, 1.165) is 12.8 Å². The summed E-state index contributed by atoms with van der Waals surface area (Å²) in [5, 5.41) is 21.1. The van der Waals surface area contributed by atoms with Crippen LogP contribution in [0.1, 0.15) is 26.7 Å². The van der Waals surface area contributed by atoms with Crippen molar-refractivity contribution in [3.05, 3.63) is 28.3 Å². The maximum atomic E-state index is 11.4. The number of aliphatic hydroxyl groups excluding tert-OH is 1. The molecule has 1 N–H and O–H groups in total. The maximum absolute atomic E-state index is 11.4. The van der Waals surface area contributed by atoms with Crippen molar-refractivity contribution in [3.63, 3.8) is 0 Å². The number of benzene rings is 1. The molecule has 1 aliphatic heterocycles. The van der Waals surface area contributed by atoms with Gasteiger partial charge in [0, 0.05) is 13.1 Å². The van der Waals surface area contributed by atoms with Crippen molar-refractivity contribution in [3.8, 4) is 5.75 Å². The van der Waals surface area contributed by atoms with Crippen LogP contribution in [0.15, 0.2) is 18.2 Å². The monoisotopic (exact) mass is 280 g/mol. The zero-order chi connectivity index (χ0) is 14.7. The van der Waals surface area contributed by atoms with Crippen molar-refractivity contribution in [1.29, 1.82) is 0 Å². The molecule has 0 aliphatic carbocycles. The molecule has 1 unspecified atom stereocenters. The van der Waals surface area contributed by atoms with Crippen molar-refractivity contribution in [1.82, 2.24) is 0 Å². The molecule has 1 aliphatic rings. The minimum atomic E-state index is -0.432. The average Bonchev–Trinajstić information content (AvgIpc) is 2.37. The van der Waals surface area contributed by atoms with E-state index < -0.39 is 11.0 Å². The number of para-hydroxylation sites is 1. The molecular weight excluding hydrogens is 260 g/mol. The minimum Gasteiger partial charge on any atom is -0.484 e. The number of hydrogen-bond donors (Lipinski definition) is 1. The van der Waals surface area contributed by atoms with Gasteiger partial charge in [-0.25, -0.2) is 0 Å². The third kappa shape index (κ3) is 3.19. The number of nitro benzene ring substituents is 1. The summed E-state index contributed by atoms with van der Waals surface area (Å²) in [6.07, 6.45) is 1.01. The summed E-state index contributed by atoms with van der Waals surface area (Å²) in [4.78, 5) is 12.8. The van der Waals surface area contributed by atoms with Crippen LogP contribution in [0, 0.1) is 10.1 Å². The Morgan fingerprint density at radius 3 is 2.85 bits per heavy atom. The molecule has 1 atom stereocenters. The quantitative estimate of drug-likeness (QED) is 0.676. The van der Waals surface area contributed by atoms with E-state index >= 15 is 0 Å². The minimum absolute atomic E-state index is 0.0182. The summed E-state index contributed by atoms with van der Waals surface area (Å²) >= 11 is 0. The second-order valence-electron chi connectivity index (χ2n) is 5.29. The molecule has 0 amide bonds. The molecule has 1 saturated heterocycles. The molecule has 1 aromatic carbocycles. The van der Waals surface area contributed by atoms with Crippen LogP contribution < -0.4 is 9.64 Å². The summed E-state index contributed by atoms with van der Waals surface area (Å²) in [6, 6.07) is 5.08. The Labute approximate surface area is 118 Å². The number of nitrogens with zero attached hydrogens (tertiary/aromatic N) is 2. The smallest absolute Gasteiger partial charge is 0.333 e. The number of ether oxygens (including phenoxy) is 1. The number of nitro groups is 1. The molecule has 1 fully saturated rings. The third-order valence-corrected chi connectivity index (χ3v) is 3.26. The van der Waals surface area contributed by atoms with Gasteiger partial charge in [0.1, 0.15) is 5.69 Å². The first kappa shape index (κ1) is 14.6. The first-order valence-electron chi connectivity index (χ1n) is 6.86.